The number of benzene rings is 3. The Hall–Kier alpha value is -3.65. The van der Waals surface area contributed by atoms with E-state index in [9.17, 15) is 18.0 Å². The van der Waals surface area contributed by atoms with Crippen LogP contribution in [-0.4, -0.2) is 40.0 Å². The highest BCUT2D eigenvalue weighted by Crippen LogP contribution is 2.33. The molecular weight excluding hydrogens is 478 g/mol. The number of amides is 1. The van der Waals surface area contributed by atoms with Crippen LogP contribution in [0.15, 0.2) is 71.6 Å². The molecule has 190 valence electrons. The second kappa shape index (κ2) is 11.0. The van der Waals surface area contributed by atoms with Crippen molar-refractivity contribution in [2.24, 2.45) is 5.41 Å². The van der Waals surface area contributed by atoms with Crippen molar-refractivity contribution in [1.29, 1.82) is 0 Å². The van der Waals surface area contributed by atoms with Gasteiger partial charge < -0.3 is 14.8 Å². The molecule has 0 bridgehead atoms. The summed E-state index contributed by atoms with van der Waals surface area (Å²) < 4.78 is 37.8. The predicted molar refractivity (Wildman–Crippen MR) is 139 cm³/mol. The van der Waals surface area contributed by atoms with Crippen LogP contribution in [0.2, 0.25) is 0 Å². The van der Waals surface area contributed by atoms with Gasteiger partial charge in [0.1, 0.15) is 33.7 Å². The molecule has 1 amide bonds. The number of nitrogens with one attached hydrogen (secondary N) is 1. The maximum Gasteiger partial charge on any atom is 0.251 e. The average Bonchev–Trinajstić information content (AvgIpc) is 2.82. The van der Waals surface area contributed by atoms with Gasteiger partial charge in [-0.15, -0.1) is 0 Å². The Morgan fingerprint density at radius 1 is 0.889 bits per heavy atom. The second-order valence-corrected chi connectivity index (χ2v) is 11.6. The number of methoxy groups -OCH3 is 1. The number of hydrogen-bond acceptors (Lipinski definition) is 6. The SMILES string of the molecule is CNC(=O)c1ccc(Oc2cccc(-c3ccc(OC)cc3)c2)c(S(=O)(=O)CC(=O)CC(C)(C)C)c1. The maximum absolute atomic E-state index is 13.3. The third-order valence-electron chi connectivity index (χ3n) is 5.33. The Kier molecular flexibility index (Phi) is 8.20. The number of sulfone groups is 1. The molecule has 0 unspecified atom stereocenters. The number of carbonyl (C=O) groups is 2. The number of hydrogen-bond donors (Lipinski definition) is 1. The molecular formula is C28H31NO6S. The van der Waals surface area contributed by atoms with Gasteiger partial charge in [0.15, 0.2) is 9.84 Å². The van der Waals surface area contributed by atoms with Crippen LogP contribution in [0.1, 0.15) is 37.6 Å². The van der Waals surface area contributed by atoms with Gasteiger partial charge in [-0.3, -0.25) is 9.59 Å². The molecule has 3 aromatic carbocycles. The summed E-state index contributed by atoms with van der Waals surface area (Å²) in [4.78, 5) is 24.5. The van der Waals surface area contributed by atoms with Crippen LogP contribution in [0.3, 0.4) is 0 Å². The Balaban J connectivity index is 1.98. The number of carbonyl (C=O) groups excluding carboxylic acids is 2. The van der Waals surface area contributed by atoms with E-state index in [0.29, 0.717) is 5.75 Å². The molecule has 0 aliphatic carbocycles. The van der Waals surface area contributed by atoms with E-state index in [4.69, 9.17) is 9.47 Å². The maximum atomic E-state index is 13.3. The first-order valence-corrected chi connectivity index (χ1v) is 13.1. The molecule has 0 saturated heterocycles. The highest BCUT2D eigenvalue weighted by atomic mass is 32.2. The van der Waals surface area contributed by atoms with Crippen LogP contribution in [0, 0.1) is 5.41 Å². The van der Waals surface area contributed by atoms with Gasteiger partial charge in [-0.1, -0.05) is 45.0 Å². The van der Waals surface area contributed by atoms with Crippen molar-refractivity contribution >= 4 is 21.5 Å². The van der Waals surface area contributed by atoms with Gasteiger partial charge in [0, 0.05) is 19.0 Å². The monoisotopic (exact) mass is 509 g/mol. The summed E-state index contributed by atoms with van der Waals surface area (Å²) in [6, 6.07) is 18.9. The quantitative estimate of drug-likeness (QED) is 0.421. The minimum absolute atomic E-state index is 0.0399. The van der Waals surface area contributed by atoms with E-state index in [1.165, 1.54) is 25.2 Å². The van der Waals surface area contributed by atoms with Crippen LogP contribution in [0.4, 0.5) is 0 Å². The molecule has 8 heteroatoms. The number of Topliss-reactive ketones (excluding diaryl/α,β-unsaturated/α-hetero) is 1. The molecule has 0 radical (unpaired) electrons. The van der Waals surface area contributed by atoms with Crippen molar-refractivity contribution in [3.05, 3.63) is 72.3 Å². The summed E-state index contributed by atoms with van der Waals surface area (Å²) in [5, 5.41) is 2.48. The van der Waals surface area contributed by atoms with Gasteiger partial charge in [-0.2, -0.15) is 0 Å². The number of rotatable bonds is 9. The molecule has 0 atom stereocenters. The zero-order valence-corrected chi connectivity index (χ0v) is 21.9. The van der Waals surface area contributed by atoms with E-state index >= 15 is 0 Å². The van der Waals surface area contributed by atoms with E-state index in [2.05, 4.69) is 5.32 Å². The zero-order valence-electron chi connectivity index (χ0n) is 21.1. The third kappa shape index (κ3) is 6.95. The van der Waals surface area contributed by atoms with Crippen LogP contribution >= 0.6 is 0 Å². The van der Waals surface area contributed by atoms with Crippen LogP contribution < -0.4 is 14.8 Å². The molecule has 1 N–H and O–H groups in total. The summed E-state index contributed by atoms with van der Waals surface area (Å²) in [5.41, 5.74) is 1.59. The summed E-state index contributed by atoms with van der Waals surface area (Å²) in [6.45, 7) is 5.61. The van der Waals surface area contributed by atoms with Gasteiger partial charge in [-0.05, 0) is 59.0 Å². The number of ether oxygens (including phenoxy) is 2. The lowest BCUT2D eigenvalue weighted by atomic mass is 9.90. The molecule has 7 nitrogen and oxygen atoms in total. The fourth-order valence-electron chi connectivity index (χ4n) is 3.70. The summed E-state index contributed by atoms with van der Waals surface area (Å²) in [5.74, 6) is -0.338. The first-order chi connectivity index (χ1) is 16.9. The first kappa shape index (κ1) is 26.9. The smallest absolute Gasteiger partial charge is 0.251 e. The van der Waals surface area contributed by atoms with E-state index < -0.39 is 27.3 Å². The molecule has 0 fully saturated rings. The van der Waals surface area contributed by atoms with Crippen LogP contribution in [-0.2, 0) is 14.6 Å². The minimum Gasteiger partial charge on any atom is -0.497 e. The van der Waals surface area contributed by atoms with Crippen molar-refractivity contribution in [1.82, 2.24) is 5.32 Å². The van der Waals surface area contributed by atoms with Gasteiger partial charge >= 0.3 is 0 Å². The molecule has 3 rings (SSSR count). The zero-order chi connectivity index (χ0) is 26.5. The lowest BCUT2D eigenvalue weighted by molar-refractivity contribution is -0.118. The van der Waals surface area contributed by atoms with Crippen molar-refractivity contribution in [3.63, 3.8) is 0 Å². The largest absolute Gasteiger partial charge is 0.497 e. The Labute approximate surface area is 212 Å². The molecule has 0 aliphatic heterocycles. The Bertz CT molecular complexity index is 1360. The highest BCUT2D eigenvalue weighted by Gasteiger charge is 2.27. The first-order valence-electron chi connectivity index (χ1n) is 11.4. The summed E-state index contributed by atoms with van der Waals surface area (Å²) in [7, 11) is -1.03. The fraction of sp³-hybridized carbons (Fsp3) is 0.286. The predicted octanol–water partition coefficient (Wildman–Crippen LogP) is 5.29. The normalized spacial score (nSPS) is 11.6. The van der Waals surface area contributed by atoms with E-state index in [0.717, 1.165) is 16.9 Å². The summed E-state index contributed by atoms with van der Waals surface area (Å²) in [6.07, 6.45) is 0.113. The van der Waals surface area contributed by atoms with Gasteiger partial charge in [0.05, 0.1) is 7.11 Å². The van der Waals surface area contributed by atoms with Crippen LogP contribution in [0.5, 0.6) is 17.2 Å². The van der Waals surface area contributed by atoms with Crippen molar-refractivity contribution in [2.45, 2.75) is 32.1 Å². The Morgan fingerprint density at radius 3 is 2.19 bits per heavy atom. The van der Waals surface area contributed by atoms with Crippen LogP contribution in [0.25, 0.3) is 11.1 Å². The molecule has 3 aromatic rings. The molecule has 0 aliphatic rings. The average molecular weight is 510 g/mol. The van der Waals surface area contributed by atoms with Crippen molar-refractivity contribution in [2.75, 3.05) is 19.9 Å². The lowest BCUT2D eigenvalue weighted by Crippen LogP contribution is -2.22. The van der Waals surface area contributed by atoms with Gasteiger partial charge in [0.2, 0.25) is 0 Å². The molecule has 0 spiro atoms. The number of ketones is 1. The second-order valence-electron chi connectivity index (χ2n) is 9.63. The van der Waals surface area contributed by atoms with Gasteiger partial charge in [-0.25, -0.2) is 8.42 Å². The highest BCUT2D eigenvalue weighted by molar-refractivity contribution is 7.92. The van der Waals surface area contributed by atoms with E-state index in [1.807, 2.05) is 51.1 Å². The van der Waals surface area contributed by atoms with E-state index in [-0.39, 0.29) is 28.0 Å². The fourth-order valence-corrected chi connectivity index (χ4v) is 5.11. The third-order valence-corrected chi connectivity index (χ3v) is 7.02. The molecule has 0 heterocycles. The van der Waals surface area contributed by atoms with Gasteiger partial charge in [0.25, 0.3) is 5.91 Å². The van der Waals surface area contributed by atoms with E-state index in [1.54, 1.807) is 25.3 Å². The topological polar surface area (TPSA) is 98.8 Å². The molecule has 0 aromatic heterocycles. The minimum atomic E-state index is -4.09. The molecule has 36 heavy (non-hydrogen) atoms. The Morgan fingerprint density at radius 2 is 1.58 bits per heavy atom. The van der Waals surface area contributed by atoms with Crippen molar-refractivity contribution < 1.29 is 27.5 Å². The molecule has 0 saturated carbocycles. The standard InChI is InChI=1S/C28H31NO6S/c1-28(2,3)17-22(30)18-36(32,33)26-16-21(27(31)29-4)11-14-25(26)35-24-8-6-7-20(15-24)19-9-12-23(34-5)13-10-19/h6-16H,17-18H2,1-5H3,(H,29,31). The lowest BCUT2D eigenvalue weighted by Gasteiger charge is -2.17. The summed E-state index contributed by atoms with van der Waals surface area (Å²) >= 11 is 0. The van der Waals surface area contributed by atoms with Crippen molar-refractivity contribution in [3.8, 4) is 28.4 Å².